The molecule has 3 aromatic rings. The van der Waals surface area contributed by atoms with E-state index in [1.165, 1.54) is 39.5 Å². The lowest BCUT2D eigenvalue weighted by Crippen LogP contribution is -2.29. The Morgan fingerprint density at radius 1 is 1.03 bits per heavy atom. The summed E-state index contributed by atoms with van der Waals surface area (Å²) in [4.78, 5) is 27.4. The molecule has 0 bridgehead atoms. The Morgan fingerprint density at radius 2 is 1.65 bits per heavy atom. The van der Waals surface area contributed by atoms with E-state index in [2.05, 4.69) is 5.16 Å². The lowest BCUT2D eigenvalue weighted by Gasteiger charge is -2.24. The number of carbonyl (C=O) groups is 2. The van der Waals surface area contributed by atoms with Crippen molar-refractivity contribution < 1.29 is 37.8 Å². The van der Waals surface area contributed by atoms with Crippen molar-refractivity contribution in [3.8, 4) is 17.2 Å². The van der Waals surface area contributed by atoms with Gasteiger partial charge in [0.2, 0.25) is 5.75 Å². The van der Waals surface area contributed by atoms with Gasteiger partial charge in [0.05, 0.1) is 32.9 Å². The first-order chi connectivity index (χ1) is 16.3. The van der Waals surface area contributed by atoms with Gasteiger partial charge < -0.3 is 23.8 Å². The Balaban J connectivity index is 2.00. The number of aryl methyl sites for hydroxylation is 1. The first-order valence-corrected chi connectivity index (χ1v) is 10.1. The zero-order valence-corrected chi connectivity index (χ0v) is 18.8. The van der Waals surface area contributed by atoms with E-state index in [4.69, 9.17) is 18.7 Å². The highest BCUT2D eigenvalue weighted by molar-refractivity contribution is 6.51. The third kappa shape index (κ3) is 3.72. The number of Topliss-reactive ketones (excluding diaryl/α,β-unsaturated/α-hetero) is 1. The van der Waals surface area contributed by atoms with Gasteiger partial charge in [0.15, 0.2) is 17.3 Å². The van der Waals surface area contributed by atoms with Crippen molar-refractivity contribution in [3.05, 3.63) is 70.7 Å². The maximum atomic E-state index is 13.4. The Labute approximate surface area is 193 Å². The Morgan fingerprint density at radius 3 is 2.15 bits per heavy atom. The van der Waals surface area contributed by atoms with Crippen molar-refractivity contribution in [3.63, 3.8) is 0 Å². The molecule has 1 unspecified atom stereocenters. The number of benzene rings is 2. The maximum absolute atomic E-state index is 13.4. The predicted molar refractivity (Wildman–Crippen MR) is 119 cm³/mol. The highest BCUT2D eigenvalue weighted by Gasteiger charge is 2.48. The fraction of sp³-hybridized carbons (Fsp3) is 0.208. The molecule has 0 spiro atoms. The smallest absolute Gasteiger partial charge is 0.301 e. The highest BCUT2D eigenvalue weighted by atomic mass is 19.1. The van der Waals surface area contributed by atoms with Crippen molar-refractivity contribution >= 4 is 23.3 Å². The van der Waals surface area contributed by atoms with E-state index in [-0.39, 0.29) is 28.5 Å². The standard InChI is InChI=1S/C24H21FN2O7/c1-12-9-18(26-34-12)27-20(14-10-16(31-2)23(33-4)17(11-14)32-3)19(22(29)24(27)30)21(28)13-5-7-15(25)8-6-13/h5-11,20,28H,1-4H3/b21-19+. The fourth-order valence-electron chi connectivity index (χ4n) is 3.87. The quantitative estimate of drug-likeness (QED) is 0.331. The van der Waals surface area contributed by atoms with Crippen LogP contribution in [0.1, 0.15) is 22.9 Å². The van der Waals surface area contributed by atoms with Crippen LogP contribution in [0.2, 0.25) is 0 Å². The maximum Gasteiger partial charge on any atom is 0.301 e. The number of ketones is 1. The van der Waals surface area contributed by atoms with Crippen molar-refractivity contribution in [2.24, 2.45) is 0 Å². The van der Waals surface area contributed by atoms with Crippen LogP contribution in [0.4, 0.5) is 10.2 Å². The summed E-state index contributed by atoms with van der Waals surface area (Å²) in [6.07, 6.45) is 0. The van der Waals surface area contributed by atoms with Crippen LogP contribution in [-0.4, -0.2) is 43.3 Å². The minimum atomic E-state index is -1.12. The van der Waals surface area contributed by atoms with Gasteiger partial charge in [-0.3, -0.25) is 14.5 Å². The average Bonchev–Trinajstić information content (AvgIpc) is 3.38. The van der Waals surface area contributed by atoms with E-state index in [0.717, 1.165) is 17.0 Å². The molecule has 1 aliphatic heterocycles. The van der Waals surface area contributed by atoms with E-state index in [1.54, 1.807) is 19.1 Å². The number of nitrogens with zero attached hydrogens (tertiary/aromatic N) is 2. The van der Waals surface area contributed by atoms with Crippen LogP contribution in [0, 0.1) is 12.7 Å². The second-order valence-electron chi connectivity index (χ2n) is 7.43. The number of anilines is 1. The third-order valence-electron chi connectivity index (χ3n) is 5.43. The van der Waals surface area contributed by atoms with Gasteiger partial charge in [-0.1, -0.05) is 5.16 Å². The zero-order valence-electron chi connectivity index (χ0n) is 18.8. The molecule has 34 heavy (non-hydrogen) atoms. The average molecular weight is 468 g/mol. The van der Waals surface area contributed by atoms with Gasteiger partial charge in [0.1, 0.15) is 17.3 Å². The molecule has 1 N–H and O–H groups in total. The summed E-state index contributed by atoms with van der Waals surface area (Å²) in [5.41, 5.74) is 0.317. The van der Waals surface area contributed by atoms with Crippen LogP contribution in [0.15, 0.2) is 52.6 Å². The Bertz CT molecular complexity index is 1270. The molecule has 1 amide bonds. The molecule has 2 heterocycles. The number of aliphatic hydroxyl groups is 1. The van der Waals surface area contributed by atoms with E-state index >= 15 is 0 Å². The first-order valence-electron chi connectivity index (χ1n) is 10.1. The molecule has 176 valence electrons. The first kappa shape index (κ1) is 22.8. The van der Waals surface area contributed by atoms with Crippen LogP contribution in [-0.2, 0) is 9.59 Å². The largest absolute Gasteiger partial charge is 0.507 e. The summed E-state index contributed by atoms with van der Waals surface area (Å²) < 4.78 is 34.8. The lowest BCUT2D eigenvalue weighted by molar-refractivity contribution is -0.132. The molecule has 10 heteroatoms. The molecular formula is C24H21FN2O7. The number of rotatable bonds is 6. The molecule has 2 aromatic carbocycles. The van der Waals surface area contributed by atoms with Gasteiger partial charge >= 0.3 is 5.91 Å². The summed E-state index contributed by atoms with van der Waals surface area (Å²) in [6.45, 7) is 1.64. The molecular weight excluding hydrogens is 447 g/mol. The zero-order chi connectivity index (χ0) is 24.6. The van der Waals surface area contributed by atoms with Crippen LogP contribution in [0.25, 0.3) is 5.76 Å². The number of halogens is 1. The van der Waals surface area contributed by atoms with E-state index in [9.17, 15) is 19.1 Å². The number of ether oxygens (including phenoxy) is 3. The number of aliphatic hydroxyl groups excluding tert-OH is 1. The van der Waals surface area contributed by atoms with Gasteiger partial charge in [0, 0.05) is 11.6 Å². The van der Waals surface area contributed by atoms with Crippen LogP contribution < -0.4 is 19.1 Å². The van der Waals surface area contributed by atoms with E-state index in [1.807, 2.05) is 0 Å². The summed E-state index contributed by atoms with van der Waals surface area (Å²) in [5.74, 6) is -1.49. The highest BCUT2D eigenvalue weighted by Crippen LogP contribution is 2.46. The molecule has 1 aliphatic rings. The SMILES string of the molecule is COc1cc(C2/C(=C(\O)c3ccc(F)cc3)C(=O)C(=O)N2c2cc(C)on2)cc(OC)c1OC. The number of amides is 1. The number of methoxy groups -OCH3 is 3. The molecule has 4 rings (SSSR count). The van der Waals surface area contributed by atoms with E-state index in [0.29, 0.717) is 17.1 Å². The predicted octanol–water partition coefficient (Wildman–Crippen LogP) is 3.77. The Hall–Kier alpha value is -4.34. The molecule has 1 atom stereocenters. The minimum Gasteiger partial charge on any atom is -0.507 e. The van der Waals surface area contributed by atoms with Crippen LogP contribution in [0.3, 0.4) is 0 Å². The normalized spacial score (nSPS) is 17.2. The molecule has 0 saturated carbocycles. The molecule has 0 radical (unpaired) electrons. The van der Waals surface area contributed by atoms with Gasteiger partial charge in [-0.2, -0.15) is 0 Å². The minimum absolute atomic E-state index is 0.0801. The number of hydrogen-bond acceptors (Lipinski definition) is 8. The number of hydrogen-bond donors (Lipinski definition) is 1. The molecule has 9 nitrogen and oxygen atoms in total. The summed E-state index contributed by atoms with van der Waals surface area (Å²) >= 11 is 0. The van der Waals surface area contributed by atoms with Crippen molar-refractivity contribution in [2.75, 3.05) is 26.2 Å². The van der Waals surface area contributed by atoms with Crippen molar-refractivity contribution in [1.82, 2.24) is 5.16 Å². The van der Waals surface area contributed by atoms with Gasteiger partial charge in [0.25, 0.3) is 5.78 Å². The fourth-order valence-corrected chi connectivity index (χ4v) is 3.87. The van der Waals surface area contributed by atoms with Crippen LogP contribution >= 0.6 is 0 Å². The van der Waals surface area contributed by atoms with Gasteiger partial charge in [-0.05, 0) is 48.9 Å². The molecule has 1 fully saturated rings. The summed E-state index contributed by atoms with van der Waals surface area (Å²) in [6, 6.07) is 8.40. The number of aromatic nitrogens is 1. The van der Waals surface area contributed by atoms with Crippen molar-refractivity contribution in [2.45, 2.75) is 13.0 Å². The van der Waals surface area contributed by atoms with Crippen LogP contribution in [0.5, 0.6) is 17.2 Å². The van der Waals surface area contributed by atoms with Gasteiger partial charge in [-0.25, -0.2) is 4.39 Å². The van der Waals surface area contributed by atoms with Crippen molar-refractivity contribution in [1.29, 1.82) is 0 Å². The summed E-state index contributed by atoms with van der Waals surface area (Å²) in [7, 11) is 4.30. The Kier molecular flexibility index (Phi) is 5.97. The monoisotopic (exact) mass is 468 g/mol. The second-order valence-corrected chi connectivity index (χ2v) is 7.43. The third-order valence-corrected chi connectivity index (χ3v) is 5.43. The van der Waals surface area contributed by atoms with Gasteiger partial charge in [-0.15, -0.1) is 0 Å². The lowest BCUT2D eigenvalue weighted by atomic mass is 9.94. The molecule has 1 saturated heterocycles. The van der Waals surface area contributed by atoms with E-state index < -0.39 is 29.3 Å². The summed E-state index contributed by atoms with van der Waals surface area (Å²) in [5, 5.41) is 15.0. The molecule has 0 aliphatic carbocycles. The second kappa shape index (κ2) is 8.89. The number of carbonyl (C=O) groups excluding carboxylic acids is 2. The topological polar surface area (TPSA) is 111 Å². The molecule has 1 aromatic heterocycles.